The van der Waals surface area contributed by atoms with Gasteiger partial charge in [-0.2, -0.15) is 0 Å². The molecule has 2 unspecified atom stereocenters. The molecule has 0 spiro atoms. The molecule has 4 aromatic heterocycles. The van der Waals surface area contributed by atoms with Crippen LogP contribution < -0.4 is 36.0 Å². The monoisotopic (exact) mass is 1970 g/mol. The van der Waals surface area contributed by atoms with Gasteiger partial charge in [-0.25, -0.2) is 66.3 Å². The van der Waals surface area contributed by atoms with E-state index < -0.39 is 37.7 Å². The molecule has 0 bridgehead atoms. The number of thioether (sulfide) groups is 1. The first-order chi connectivity index (χ1) is 65.0. The number of rotatable bonds is 26. The molecule has 0 saturated carbocycles. The quantitative estimate of drug-likeness (QED) is 0.0195. The molecule has 12 N–H and O–H groups in total. The number of aliphatic hydroxyl groups is 3. The Balaban J connectivity index is 0.000000214. The maximum Gasteiger partial charge on any atom is 0.337 e. The van der Waals surface area contributed by atoms with Crippen LogP contribution in [0.5, 0.6) is 0 Å². The number of halogens is 1. The number of carboxylic acid groups (broad SMARTS) is 1. The molecule has 7 aromatic carbocycles. The number of methoxy groups -OCH3 is 1. The molecule has 31 nitrogen and oxygen atoms in total. The van der Waals surface area contributed by atoms with E-state index in [1.165, 1.54) is 71.4 Å². The molecular weight excluding hydrogens is 1830 g/mol. The average molecular weight is 1970 g/mol. The number of aryl methyl sites for hydroxylation is 4. The van der Waals surface area contributed by atoms with Gasteiger partial charge in [0.15, 0.2) is 19.7 Å². The second kappa shape index (κ2) is 53.4. The zero-order chi connectivity index (χ0) is 97.0. The molecule has 0 aliphatic carbocycles. The Morgan fingerprint density at radius 3 is 0.986 bits per heavy atom. The van der Waals surface area contributed by atoms with E-state index in [1.807, 2.05) is 156 Å². The lowest BCUT2D eigenvalue weighted by Crippen LogP contribution is -2.35. The van der Waals surface area contributed by atoms with Gasteiger partial charge in [-0.3, -0.25) is 9.59 Å². The van der Waals surface area contributed by atoms with Crippen molar-refractivity contribution in [3.63, 3.8) is 0 Å². The van der Waals surface area contributed by atoms with Gasteiger partial charge in [0.25, 0.3) is 11.8 Å². The second-order valence-electron chi connectivity index (χ2n) is 34.1. The lowest BCUT2D eigenvalue weighted by Gasteiger charge is -2.34. The largest absolute Gasteiger partial charge is 0.478 e. The number of carboxylic acids is 1. The lowest BCUT2D eigenvalue weighted by molar-refractivity contribution is 0.0599. The summed E-state index contributed by atoms with van der Waals surface area (Å²) in [5.41, 5.74) is 23.2. The topological polar surface area (TPSA) is 465 Å². The number of nitrogens with one attached hydrogen (secondary N) is 2. The molecule has 0 radical (unpaired) electrons. The minimum absolute atomic E-state index is 0. The molecule has 1 fully saturated rings. The van der Waals surface area contributed by atoms with Crippen LogP contribution >= 0.6 is 24.2 Å². The van der Waals surface area contributed by atoms with Crippen molar-refractivity contribution < 1.29 is 76.9 Å². The van der Waals surface area contributed by atoms with Gasteiger partial charge < -0.3 is 76.8 Å². The van der Waals surface area contributed by atoms with E-state index >= 15 is 0 Å². The number of nitrogens with two attached hydrogens (primary N) is 1. The highest BCUT2D eigenvalue weighted by Crippen LogP contribution is 2.39. The van der Waals surface area contributed by atoms with Crippen molar-refractivity contribution >= 4 is 91.4 Å². The lowest BCUT2D eigenvalue weighted by atomic mass is 9.87. The zero-order valence-corrected chi connectivity index (χ0v) is 83.8. The van der Waals surface area contributed by atoms with Gasteiger partial charge in [-0.1, -0.05) is 109 Å². The Kier molecular flexibility index (Phi) is 43.1. The van der Waals surface area contributed by atoms with Gasteiger partial charge in [0.2, 0.25) is 23.8 Å². The van der Waals surface area contributed by atoms with Gasteiger partial charge in [-0.15, -0.1) is 24.2 Å². The molecule has 740 valence electrons. The van der Waals surface area contributed by atoms with Crippen LogP contribution in [0.4, 0.5) is 23.8 Å². The van der Waals surface area contributed by atoms with Gasteiger partial charge in [0, 0.05) is 155 Å². The van der Waals surface area contributed by atoms with Gasteiger partial charge in [0.1, 0.15) is 0 Å². The summed E-state index contributed by atoms with van der Waals surface area (Å²) in [6, 6.07) is 41.8. The Labute approximate surface area is 820 Å². The highest BCUT2D eigenvalue weighted by molar-refractivity contribution is 7.99. The third kappa shape index (κ3) is 29.6. The van der Waals surface area contributed by atoms with Crippen LogP contribution in [0, 0.1) is 27.7 Å². The molecule has 9 heterocycles. The van der Waals surface area contributed by atoms with E-state index in [0.29, 0.717) is 101 Å². The molecule has 2 amide bonds. The fraction of sp³-hybridized carbons (Fsp3) is 0.398. The molecule has 5 aliphatic heterocycles. The third-order valence-corrected chi connectivity index (χ3v) is 29.0. The first kappa shape index (κ1) is 111. The molecule has 1 saturated heterocycles. The van der Waals surface area contributed by atoms with E-state index in [1.54, 1.807) is 62.0 Å². The zero-order valence-electron chi connectivity index (χ0n) is 80.5. The van der Waals surface area contributed by atoms with Crippen molar-refractivity contribution in [2.75, 3.05) is 103 Å². The van der Waals surface area contributed by atoms with E-state index in [9.17, 15) is 51.3 Å². The SMILES string of the molecule is C1CCOC1.CCC1CN(c2ncc(C)cn2)Cc2cc(C(=O)O)ccc21.CCC1CN(c2ncc(C)cn2)Cc2cc(C(=O)OC)ccc21.CCSc1ccc([C@@H](N)CO)cc1.CC[C@@H]1CN(c2ncc(C)cn2)Cc2cc(C(=O)N[C@@H](CO)c3ccc(S(=O)(=O)CC)cc3)ccc21.CC[C@H]1CN(c2ncc(C)cn2)Cc2cc(C(=O)N[C@@H](CO)c3ccc(S(=O)(=O)CC)cc3)ccc21.Cl.O.O. The summed E-state index contributed by atoms with van der Waals surface area (Å²) < 4.78 is 58.1. The standard InChI is InChI=1S/2C27H32N4O4S.C18H21N3O2.C17H19N3O2.C10H15NOS.C4H8O.ClH.2H2O/c2*1-4-19-15-31(27-28-13-18(3)14-29-27)16-22-12-21(8-11-24(19)22)26(33)30-25(17-32)20-6-9-23(10-7-20)36(34,35)5-2;1-4-13-10-21(18-19-8-12(2)9-20-18)11-15-7-14(17(22)23-3)5-6-16(13)15;1-3-12-9-20(17-18-7-11(2)8-19-17)10-14-6-13(16(21)22)4-5-15(12)14;1-2-13-9-5-3-8(4-6-9)10(11)7-12;1-2-4-5-3-1;;;/h2*6-14,19,25,32H,4-5,15-17H2,1-3H3,(H,30,33);5-9,13H,4,10-11H2,1-3H3;4-8,12H,3,9-10H2,1-2H3,(H,21,22);3-6,10,12H,2,7,11H2,1H3;1-4H2;1H;2*1H2/t19-,25+;19-,25-;;;10-;;;;/m10..0..../s1. The molecule has 138 heavy (non-hydrogen) atoms. The van der Waals surface area contributed by atoms with Gasteiger partial charge >= 0.3 is 11.9 Å². The molecule has 7 atom stereocenters. The molecule has 5 aliphatic rings. The number of ether oxygens (including phenoxy) is 2. The number of anilines is 4. The number of aromatic nitrogens is 8. The fourth-order valence-corrected chi connectivity index (χ4v) is 19.1. The number of carbonyl (C=O) groups is 4. The highest BCUT2D eigenvalue weighted by Gasteiger charge is 2.33. The van der Waals surface area contributed by atoms with Crippen LogP contribution in [-0.2, 0) is 55.3 Å². The minimum Gasteiger partial charge on any atom is -0.478 e. The van der Waals surface area contributed by atoms with Gasteiger partial charge in [-0.05, 0) is 240 Å². The summed E-state index contributed by atoms with van der Waals surface area (Å²) in [6.07, 6.45) is 21.0. The number of sulfone groups is 2. The number of aliphatic hydroxyl groups excluding tert-OH is 3. The second-order valence-corrected chi connectivity index (χ2v) is 40.0. The summed E-state index contributed by atoms with van der Waals surface area (Å²) in [7, 11) is -5.23. The third-order valence-electron chi connectivity index (χ3n) is 24.6. The summed E-state index contributed by atoms with van der Waals surface area (Å²) in [5, 5.41) is 43.6. The van der Waals surface area contributed by atoms with Crippen LogP contribution in [0.2, 0.25) is 0 Å². The minimum atomic E-state index is -3.32. The Hall–Kier alpha value is -11.8. The average Bonchev–Trinajstić information content (AvgIpc) is 0.812. The van der Waals surface area contributed by atoms with E-state index in [2.05, 4.69) is 111 Å². The van der Waals surface area contributed by atoms with Crippen molar-refractivity contribution in [1.29, 1.82) is 0 Å². The maximum atomic E-state index is 13.1. The number of hydrogen-bond donors (Lipinski definition) is 7. The maximum absolute atomic E-state index is 13.1. The molecule has 11 aromatic rings. The Morgan fingerprint density at radius 2 is 0.725 bits per heavy atom. The van der Waals surface area contributed by atoms with Crippen molar-refractivity contribution in [2.45, 2.75) is 197 Å². The predicted molar refractivity (Wildman–Crippen MR) is 542 cm³/mol. The van der Waals surface area contributed by atoms with Crippen LogP contribution in [0.1, 0.15) is 254 Å². The molecule has 16 rings (SSSR count). The number of benzene rings is 7. The normalized spacial score (nSPS) is 16.1. The summed E-state index contributed by atoms with van der Waals surface area (Å²) in [4.78, 5) is 95.1. The number of nitrogens with zero attached hydrogens (tertiary/aromatic N) is 12. The number of aromatic carboxylic acids is 1. The summed E-state index contributed by atoms with van der Waals surface area (Å²) in [5.74, 6) is 3.48. The predicted octanol–water partition coefficient (Wildman–Crippen LogP) is 14.6. The van der Waals surface area contributed by atoms with Crippen molar-refractivity contribution in [1.82, 2.24) is 50.5 Å². The molecule has 35 heteroatoms. The van der Waals surface area contributed by atoms with Crippen LogP contribution in [0.15, 0.2) is 210 Å². The number of carbonyl (C=O) groups excluding carboxylic acids is 3. The van der Waals surface area contributed by atoms with Crippen molar-refractivity contribution in [2.24, 2.45) is 5.73 Å². The first-order valence-corrected chi connectivity index (χ1v) is 50.4. The van der Waals surface area contributed by atoms with Crippen LogP contribution in [0.25, 0.3) is 0 Å². The summed E-state index contributed by atoms with van der Waals surface area (Å²) in [6.45, 7) is 29.1. The highest BCUT2D eigenvalue weighted by atomic mass is 35.5. The summed E-state index contributed by atoms with van der Waals surface area (Å²) >= 11 is 1.80. The number of esters is 1. The van der Waals surface area contributed by atoms with Crippen LogP contribution in [-0.4, -0.2) is 195 Å². The Bertz CT molecular complexity index is 5790. The Morgan fingerprint density at radius 1 is 0.435 bits per heavy atom. The van der Waals surface area contributed by atoms with Crippen molar-refractivity contribution in [3.8, 4) is 0 Å². The smallest absolute Gasteiger partial charge is 0.337 e. The number of hydrogen-bond acceptors (Lipinski definition) is 27. The first-order valence-electron chi connectivity index (χ1n) is 46.1. The fourth-order valence-electron chi connectivity index (χ4n) is 16.7. The number of fused-ring (bicyclic) bond motifs is 4. The van der Waals surface area contributed by atoms with E-state index in [-0.39, 0.29) is 88.3 Å². The number of amides is 2. The van der Waals surface area contributed by atoms with Crippen molar-refractivity contribution in [3.05, 3.63) is 301 Å². The van der Waals surface area contributed by atoms with E-state index in [0.717, 1.165) is 127 Å². The van der Waals surface area contributed by atoms with Crippen LogP contribution in [0.3, 0.4) is 0 Å². The van der Waals surface area contributed by atoms with Gasteiger partial charge in [0.05, 0.1) is 77.5 Å². The molecular formula is C103H132ClN15O16S3. The van der Waals surface area contributed by atoms with E-state index in [4.69, 9.17) is 20.3 Å².